The van der Waals surface area contributed by atoms with Crippen molar-refractivity contribution in [2.45, 2.75) is 32.2 Å². The Hall–Kier alpha value is -1.59. The normalized spacial score (nSPS) is 26.9. The van der Waals surface area contributed by atoms with Gasteiger partial charge in [0.25, 0.3) is 0 Å². The van der Waals surface area contributed by atoms with Gasteiger partial charge in [-0.1, -0.05) is 0 Å². The van der Waals surface area contributed by atoms with Crippen LogP contribution < -0.4 is 0 Å². The quantitative estimate of drug-likeness (QED) is 0.677. The lowest BCUT2D eigenvalue weighted by molar-refractivity contribution is -0.154. The number of ether oxygens (including phenoxy) is 1. The second-order valence-electron chi connectivity index (χ2n) is 5.12. The van der Waals surface area contributed by atoms with Crippen molar-refractivity contribution in [3.05, 3.63) is 0 Å². The van der Waals surface area contributed by atoms with Crippen LogP contribution in [0.2, 0.25) is 0 Å². The molecule has 2 aliphatic heterocycles. The van der Waals surface area contributed by atoms with Crippen LogP contribution in [0.25, 0.3) is 0 Å². The summed E-state index contributed by atoms with van der Waals surface area (Å²) in [6, 6.07) is -0.464. The molecule has 0 aromatic rings. The van der Waals surface area contributed by atoms with Crippen LogP contribution in [-0.2, 0) is 19.1 Å². The lowest BCUT2D eigenvalue weighted by Gasteiger charge is -2.25. The lowest BCUT2D eigenvalue weighted by atomic mass is 10.1. The molecule has 2 heterocycles. The van der Waals surface area contributed by atoms with E-state index in [0.29, 0.717) is 26.1 Å². The summed E-state index contributed by atoms with van der Waals surface area (Å²) >= 11 is 0. The van der Waals surface area contributed by atoms with Gasteiger partial charge in [-0.25, -0.2) is 4.79 Å². The zero-order valence-electron chi connectivity index (χ0n) is 11.4. The van der Waals surface area contributed by atoms with Crippen molar-refractivity contribution in [2.75, 3.05) is 26.7 Å². The topological polar surface area (TPSA) is 66.9 Å². The molecular formula is C13H20N2O4. The highest BCUT2D eigenvalue weighted by molar-refractivity contribution is 5.91. The minimum Gasteiger partial charge on any atom is -0.464 e. The number of hydrogen-bond donors (Lipinski definition) is 0. The molecule has 6 nitrogen and oxygen atoms in total. The second kappa shape index (κ2) is 5.59. The maximum absolute atomic E-state index is 12.4. The summed E-state index contributed by atoms with van der Waals surface area (Å²) in [6.45, 7) is 3.10. The monoisotopic (exact) mass is 268 g/mol. The Morgan fingerprint density at radius 2 is 2.16 bits per heavy atom. The van der Waals surface area contributed by atoms with Crippen molar-refractivity contribution in [3.8, 4) is 0 Å². The summed E-state index contributed by atoms with van der Waals surface area (Å²) in [7, 11) is 1.70. The van der Waals surface area contributed by atoms with Crippen molar-refractivity contribution in [1.29, 1.82) is 0 Å². The number of hydrogen-bond acceptors (Lipinski definition) is 4. The molecule has 2 saturated heterocycles. The molecule has 0 aromatic heterocycles. The van der Waals surface area contributed by atoms with E-state index in [1.807, 2.05) is 0 Å². The molecule has 0 radical (unpaired) electrons. The number of carbonyl (C=O) groups excluding carboxylic acids is 3. The minimum atomic E-state index is -0.464. The highest BCUT2D eigenvalue weighted by Gasteiger charge is 2.41. The minimum absolute atomic E-state index is 0.00904. The zero-order chi connectivity index (χ0) is 14.0. The predicted molar refractivity (Wildman–Crippen MR) is 67.1 cm³/mol. The molecule has 0 spiro atoms. The van der Waals surface area contributed by atoms with Gasteiger partial charge in [0.2, 0.25) is 11.8 Å². The van der Waals surface area contributed by atoms with Gasteiger partial charge in [0.15, 0.2) is 0 Å². The Morgan fingerprint density at radius 3 is 2.74 bits per heavy atom. The fraction of sp³-hybridized carbons (Fsp3) is 0.769. The first-order valence-corrected chi connectivity index (χ1v) is 6.75. The number of amides is 2. The van der Waals surface area contributed by atoms with E-state index in [9.17, 15) is 14.4 Å². The van der Waals surface area contributed by atoms with E-state index >= 15 is 0 Å². The molecule has 2 amide bonds. The Kier molecular flexibility index (Phi) is 4.07. The first kappa shape index (κ1) is 13.8. The van der Waals surface area contributed by atoms with E-state index < -0.39 is 6.04 Å². The molecule has 0 N–H and O–H groups in total. The summed E-state index contributed by atoms with van der Waals surface area (Å²) in [5, 5.41) is 0. The molecule has 19 heavy (non-hydrogen) atoms. The van der Waals surface area contributed by atoms with Crippen molar-refractivity contribution >= 4 is 17.8 Å². The van der Waals surface area contributed by atoms with E-state index in [4.69, 9.17) is 4.74 Å². The summed E-state index contributed by atoms with van der Waals surface area (Å²) < 4.78 is 5.00. The molecule has 0 bridgehead atoms. The highest BCUT2D eigenvalue weighted by Crippen LogP contribution is 2.25. The average molecular weight is 268 g/mol. The highest BCUT2D eigenvalue weighted by atomic mass is 16.5. The molecule has 0 aromatic carbocycles. The number of nitrogens with zero attached hydrogens (tertiary/aromatic N) is 2. The number of esters is 1. The predicted octanol–water partition coefficient (Wildman–Crippen LogP) is 0.0188. The third-order valence-corrected chi connectivity index (χ3v) is 3.78. The van der Waals surface area contributed by atoms with Crippen LogP contribution in [0.5, 0.6) is 0 Å². The molecule has 2 unspecified atom stereocenters. The number of carbonyl (C=O) groups is 3. The Labute approximate surface area is 112 Å². The molecule has 2 aliphatic rings. The zero-order valence-corrected chi connectivity index (χ0v) is 11.4. The molecule has 2 fully saturated rings. The van der Waals surface area contributed by atoms with Crippen LogP contribution in [0.3, 0.4) is 0 Å². The lowest BCUT2D eigenvalue weighted by Crippen LogP contribution is -2.44. The van der Waals surface area contributed by atoms with Gasteiger partial charge in [0.1, 0.15) is 6.04 Å². The maximum Gasteiger partial charge on any atom is 0.328 e. The molecule has 0 saturated carbocycles. The summed E-state index contributed by atoms with van der Waals surface area (Å²) in [6.07, 6.45) is 1.72. The van der Waals surface area contributed by atoms with Gasteiger partial charge in [-0.05, 0) is 19.8 Å². The maximum atomic E-state index is 12.4. The molecule has 2 rings (SSSR count). The van der Waals surface area contributed by atoms with Crippen LogP contribution in [0.15, 0.2) is 0 Å². The first-order valence-electron chi connectivity index (χ1n) is 6.75. The van der Waals surface area contributed by atoms with Crippen LogP contribution in [0.4, 0.5) is 0 Å². The third kappa shape index (κ3) is 2.72. The van der Waals surface area contributed by atoms with E-state index in [1.54, 1.807) is 23.8 Å². The van der Waals surface area contributed by atoms with E-state index in [2.05, 4.69) is 0 Å². The fourth-order valence-electron chi connectivity index (χ4n) is 2.78. The van der Waals surface area contributed by atoms with E-state index in [1.165, 1.54) is 0 Å². The average Bonchev–Trinajstić information content (AvgIpc) is 2.97. The smallest absolute Gasteiger partial charge is 0.328 e. The van der Waals surface area contributed by atoms with Crippen LogP contribution >= 0.6 is 0 Å². The fourth-order valence-corrected chi connectivity index (χ4v) is 2.78. The van der Waals surface area contributed by atoms with Crippen molar-refractivity contribution in [2.24, 2.45) is 5.92 Å². The van der Waals surface area contributed by atoms with Crippen LogP contribution in [0.1, 0.15) is 26.2 Å². The molecule has 2 atom stereocenters. The standard InChI is InChI=1S/C13H20N2O4/c1-3-19-13(18)10-5-4-6-15(10)12(17)9-7-11(16)14(2)8-9/h9-10H,3-8H2,1-2H3. The molecular weight excluding hydrogens is 248 g/mol. The first-order chi connectivity index (χ1) is 9.04. The van der Waals surface area contributed by atoms with Gasteiger partial charge in [-0.15, -0.1) is 0 Å². The largest absolute Gasteiger partial charge is 0.464 e. The Bertz CT molecular complexity index is 396. The van der Waals surface area contributed by atoms with Gasteiger partial charge >= 0.3 is 5.97 Å². The van der Waals surface area contributed by atoms with E-state index in [-0.39, 0.29) is 30.1 Å². The summed E-state index contributed by atoms with van der Waals surface area (Å²) in [4.78, 5) is 38.9. The Morgan fingerprint density at radius 1 is 1.42 bits per heavy atom. The van der Waals surface area contributed by atoms with Crippen molar-refractivity contribution in [3.63, 3.8) is 0 Å². The molecule has 6 heteroatoms. The van der Waals surface area contributed by atoms with Gasteiger partial charge in [0, 0.05) is 26.6 Å². The van der Waals surface area contributed by atoms with Gasteiger partial charge < -0.3 is 14.5 Å². The summed E-state index contributed by atoms with van der Waals surface area (Å²) in [5.74, 6) is -0.739. The third-order valence-electron chi connectivity index (χ3n) is 3.78. The van der Waals surface area contributed by atoms with Gasteiger partial charge in [0.05, 0.1) is 12.5 Å². The van der Waals surface area contributed by atoms with Crippen LogP contribution in [-0.4, -0.2) is 60.4 Å². The van der Waals surface area contributed by atoms with Crippen molar-refractivity contribution in [1.82, 2.24) is 9.80 Å². The number of rotatable bonds is 3. The van der Waals surface area contributed by atoms with Gasteiger partial charge in [-0.3, -0.25) is 9.59 Å². The summed E-state index contributed by atoms with van der Waals surface area (Å²) in [5.41, 5.74) is 0. The van der Waals surface area contributed by atoms with Gasteiger partial charge in [-0.2, -0.15) is 0 Å². The number of likely N-dealkylation sites (tertiary alicyclic amines) is 2. The van der Waals surface area contributed by atoms with E-state index in [0.717, 1.165) is 6.42 Å². The SMILES string of the molecule is CCOC(=O)C1CCCN1C(=O)C1CC(=O)N(C)C1. The molecule has 0 aliphatic carbocycles. The second-order valence-corrected chi connectivity index (χ2v) is 5.12. The van der Waals surface area contributed by atoms with Crippen LogP contribution in [0, 0.1) is 5.92 Å². The van der Waals surface area contributed by atoms with Crippen molar-refractivity contribution < 1.29 is 19.1 Å². The Balaban J connectivity index is 2.02. The molecule has 106 valence electrons.